The number of benzene rings is 3. The molecule has 32 heavy (non-hydrogen) atoms. The number of nitrogens with zero attached hydrogens (tertiary/aromatic N) is 1. The Bertz CT molecular complexity index is 1580. The second-order valence-corrected chi connectivity index (χ2v) is 8.31. The summed E-state index contributed by atoms with van der Waals surface area (Å²) < 4.78 is 2.06. The van der Waals surface area contributed by atoms with Crippen molar-refractivity contribution < 1.29 is 9.90 Å². The SMILES string of the molecule is Cn1ccc2ccc(-c3cc4cc(-c5cccc(CC(=O)O)c5)c(=O)[nH]c4cc3Cl)cc21. The van der Waals surface area contributed by atoms with Gasteiger partial charge in [-0.1, -0.05) is 48.0 Å². The van der Waals surface area contributed by atoms with Gasteiger partial charge in [-0.25, -0.2) is 0 Å². The summed E-state index contributed by atoms with van der Waals surface area (Å²) in [5.74, 6) is -0.913. The van der Waals surface area contributed by atoms with Gasteiger partial charge < -0.3 is 14.7 Å². The molecule has 0 unspecified atom stereocenters. The number of carboxylic acid groups (broad SMARTS) is 1. The number of aromatic nitrogens is 2. The molecule has 0 fully saturated rings. The Morgan fingerprint density at radius 3 is 2.56 bits per heavy atom. The van der Waals surface area contributed by atoms with Crippen molar-refractivity contribution in [3.05, 3.63) is 93.9 Å². The van der Waals surface area contributed by atoms with Gasteiger partial charge in [-0.05, 0) is 57.8 Å². The number of nitrogens with one attached hydrogen (secondary N) is 1. The molecule has 5 nitrogen and oxygen atoms in total. The van der Waals surface area contributed by atoms with Crippen molar-refractivity contribution in [3.8, 4) is 22.3 Å². The molecule has 2 aromatic heterocycles. The average Bonchev–Trinajstić information content (AvgIpc) is 3.13. The lowest BCUT2D eigenvalue weighted by Crippen LogP contribution is -2.09. The maximum Gasteiger partial charge on any atom is 0.307 e. The molecule has 0 saturated heterocycles. The second kappa shape index (κ2) is 7.70. The fraction of sp³-hybridized carbons (Fsp3) is 0.0769. The molecule has 0 aliphatic heterocycles. The van der Waals surface area contributed by atoms with Gasteiger partial charge in [0.25, 0.3) is 5.56 Å². The van der Waals surface area contributed by atoms with Gasteiger partial charge in [-0.15, -0.1) is 0 Å². The van der Waals surface area contributed by atoms with Crippen LogP contribution in [0.5, 0.6) is 0 Å². The highest BCUT2D eigenvalue weighted by molar-refractivity contribution is 6.34. The van der Waals surface area contributed by atoms with Gasteiger partial charge in [-0.3, -0.25) is 9.59 Å². The molecule has 0 spiro atoms. The van der Waals surface area contributed by atoms with Crippen LogP contribution in [0.25, 0.3) is 44.1 Å². The lowest BCUT2D eigenvalue weighted by atomic mass is 9.99. The third-order valence-corrected chi connectivity index (χ3v) is 6.04. The van der Waals surface area contributed by atoms with Crippen LogP contribution in [-0.4, -0.2) is 20.6 Å². The van der Waals surface area contributed by atoms with E-state index in [1.807, 2.05) is 37.5 Å². The molecule has 0 aliphatic carbocycles. The van der Waals surface area contributed by atoms with Crippen LogP contribution in [0.1, 0.15) is 5.56 Å². The van der Waals surface area contributed by atoms with Gasteiger partial charge in [0.15, 0.2) is 0 Å². The number of rotatable bonds is 4. The monoisotopic (exact) mass is 442 g/mol. The number of carboxylic acids is 1. The summed E-state index contributed by atoms with van der Waals surface area (Å²) in [5.41, 5.74) is 5.17. The fourth-order valence-electron chi connectivity index (χ4n) is 4.12. The number of aryl methyl sites for hydroxylation is 1. The third-order valence-electron chi connectivity index (χ3n) is 5.72. The van der Waals surface area contributed by atoms with Crippen molar-refractivity contribution in [2.24, 2.45) is 7.05 Å². The number of H-pyrrole nitrogens is 1. The van der Waals surface area contributed by atoms with Gasteiger partial charge in [0.05, 0.1) is 11.4 Å². The van der Waals surface area contributed by atoms with Crippen molar-refractivity contribution in [2.45, 2.75) is 6.42 Å². The van der Waals surface area contributed by atoms with E-state index in [9.17, 15) is 9.59 Å². The molecule has 0 amide bonds. The molecule has 2 N–H and O–H groups in total. The summed E-state index contributed by atoms with van der Waals surface area (Å²) in [5, 5.41) is 11.6. The number of pyridine rings is 1. The lowest BCUT2D eigenvalue weighted by Gasteiger charge is -2.10. The van der Waals surface area contributed by atoms with Crippen molar-refractivity contribution in [1.29, 1.82) is 0 Å². The van der Waals surface area contributed by atoms with Crippen LogP contribution in [0.4, 0.5) is 0 Å². The molecule has 5 aromatic rings. The first-order valence-electron chi connectivity index (χ1n) is 10.1. The maximum atomic E-state index is 12.8. The smallest absolute Gasteiger partial charge is 0.307 e. The van der Waals surface area contributed by atoms with Crippen LogP contribution in [0.15, 0.2) is 77.7 Å². The number of fused-ring (bicyclic) bond motifs is 2. The molecule has 0 aliphatic rings. The first-order chi connectivity index (χ1) is 15.4. The zero-order valence-electron chi connectivity index (χ0n) is 17.2. The van der Waals surface area contributed by atoms with Crippen LogP contribution < -0.4 is 5.56 Å². The highest BCUT2D eigenvalue weighted by Crippen LogP contribution is 2.34. The third kappa shape index (κ3) is 3.57. The summed E-state index contributed by atoms with van der Waals surface area (Å²) in [6.45, 7) is 0. The molecule has 0 radical (unpaired) electrons. The Kier molecular flexibility index (Phi) is 4.83. The summed E-state index contributed by atoms with van der Waals surface area (Å²) >= 11 is 6.60. The van der Waals surface area contributed by atoms with Gasteiger partial charge in [0, 0.05) is 35.4 Å². The summed E-state index contributed by atoms with van der Waals surface area (Å²) in [6.07, 6.45) is 1.92. The van der Waals surface area contributed by atoms with E-state index in [0.29, 0.717) is 27.2 Å². The molecule has 3 aromatic carbocycles. The Morgan fingerprint density at radius 2 is 1.75 bits per heavy atom. The highest BCUT2D eigenvalue weighted by atomic mass is 35.5. The number of aliphatic carboxylic acids is 1. The molecule has 5 rings (SSSR count). The molecule has 6 heteroatoms. The lowest BCUT2D eigenvalue weighted by molar-refractivity contribution is -0.136. The molecule has 0 atom stereocenters. The van der Waals surface area contributed by atoms with Crippen LogP contribution in [0.2, 0.25) is 5.02 Å². The van der Waals surface area contributed by atoms with E-state index >= 15 is 0 Å². The van der Waals surface area contributed by atoms with Crippen molar-refractivity contribution >= 4 is 39.4 Å². The molecule has 0 saturated carbocycles. The van der Waals surface area contributed by atoms with Gasteiger partial charge in [0.1, 0.15) is 0 Å². The van der Waals surface area contributed by atoms with Gasteiger partial charge in [-0.2, -0.15) is 0 Å². The predicted octanol–water partition coefficient (Wildman–Crippen LogP) is 5.63. The Hall–Kier alpha value is -3.83. The second-order valence-electron chi connectivity index (χ2n) is 7.90. The molecule has 2 heterocycles. The highest BCUT2D eigenvalue weighted by Gasteiger charge is 2.12. The number of hydrogen-bond acceptors (Lipinski definition) is 2. The minimum Gasteiger partial charge on any atom is -0.481 e. The quantitative estimate of drug-likeness (QED) is 0.378. The zero-order chi connectivity index (χ0) is 22.4. The Balaban J connectivity index is 1.66. The minimum atomic E-state index is -0.913. The molecule has 158 valence electrons. The van der Waals surface area contributed by atoms with E-state index in [2.05, 4.69) is 27.8 Å². The fourth-order valence-corrected chi connectivity index (χ4v) is 4.39. The van der Waals surface area contributed by atoms with Gasteiger partial charge >= 0.3 is 5.97 Å². The van der Waals surface area contributed by atoms with Gasteiger partial charge in [0.2, 0.25) is 0 Å². The molecular weight excluding hydrogens is 424 g/mol. The van der Waals surface area contributed by atoms with Crippen LogP contribution >= 0.6 is 11.6 Å². The largest absolute Gasteiger partial charge is 0.481 e. The van der Waals surface area contributed by atoms with Crippen LogP contribution in [-0.2, 0) is 18.3 Å². The number of aromatic amines is 1. The zero-order valence-corrected chi connectivity index (χ0v) is 18.0. The van der Waals surface area contributed by atoms with Crippen molar-refractivity contribution in [2.75, 3.05) is 0 Å². The normalized spacial score (nSPS) is 11.3. The Labute approximate surface area is 188 Å². The summed E-state index contributed by atoms with van der Waals surface area (Å²) in [7, 11) is 2.00. The van der Waals surface area contributed by atoms with E-state index in [1.165, 1.54) is 0 Å². The van der Waals surface area contributed by atoms with E-state index in [-0.39, 0.29) is 12.0 Å². The number of hydrogen-bond donors (Lipinski definition) is 2. The maximum absolute atomic E-state index is 12.8. The average molecular weight is 443 g/mol. The summed E-state index contributed by atoms with van der Waals surface area (Å²) in [6, 6.07) is 20.9. The van der Waals surface area contributed by atoms with Crippen molar-refractivity contribution in [1.82, 2.24) is 9.55 Å². The first-order valence-corrected chi connectivity index (χ1v) is 10.5. The molecular formula is C26H19ClN2O3. The Morgan fingerprint density at radius 1 is 0.969 bits per heavy atom. The van der Waals surface area contributed by atoms with E-state index in [4.69, 9.17) is 16.7 Å². The predicted molar refractivity (Wildman–Crippen MR) is 128 cm³/mol. The number of halogens is 1. The molecule has 0 bridgehead atoms. The van der Waals surface area contributed by atoms with Crippen molar-refractivity contribution in [3.63, 3.8) is 0 Å². The van der Waals surface area contributed by atoms with E-state index in [1.54, 1.807) is 24.3 Å². The number of carbonyl (C=O) groups is 1. The van der Waals surface area contributed by atoms with Crippen LogP contribution in [0.3, 0.4) is 0 Å². The minimum absolute atomic E-state index is 0.0965. The standard InChI is InChI=1S/C26H19ClN2O3/c1-29-8-7-16-5-6-18(13-24(16)29)20-11-19-12-21(26(32)28-23(19)14-22(20)27)17-4-2-3-15(9-17)10-25(30)31/h2-9,11-14H,10H2,1H3,(H,28,32)(H,30,31). The topological polar surface area (TPSA) is 75.1 Å². The van der Waals surface area contributed by atoms with E-state index in [0.717, 1.165) is 27.4 Å². The van der Waals surface area contributed by atoms with Crippen LogP contribution in [0, 0.1) is 0 Å². The first kappa shape index (κ1) is 20.1. The summed E-state index contributed by atoms with van der Waals surface area (Å²) in [4.78, 5) is 26.7. The van der Waals surface area contributed by atoms with E-state index < -0.39 is 5.97 Å².